The summed E-state index contributed by atoms with van der Waals surface area (Å²) >= 11 is 12.8. The van der Waals surface area contributed by atoms with Gasteiger partial charge in [0, 0.05) is 0 Å². The fourth-order valence-electron chi connectivity index (χ4n) is 1.64. The SMILES string of the molecule is O=C(Nc1nc2ccc(F)cc2s1)[C@@H]1CC1(Cl)Cl. The number of aromatic nitrogens is 1. The molecule has 3 nitrogen and oxygen atoms in total. The van der Waals surface area contributed by atoms with Crippen molar-refractivity contribution in [3.63, 3.8) is 0 Å². The summed E-state index contributed by atoms with van der Waals surface area (Å²) in [4.78, 5) is 15.9. The van der Waals surface area contributed by atoms with E-state index in [4.69, 9.17) is 23.2 Å². The molecular formula is C11H7Cl2FN2OS. The van der Waals surface area contributed by atoms with Crippen LogP contribution in [-0.2, 0) is 4.79 Å². The highest BCUT2D eigenvalue weighted by Crippen LogP contribution is 2.53. The quantitative estimate of drug-likeness (QED) is 0.862. The second-order valence-electron chi connectivity index (χ2n) is 4.14. The smallest absolute Gasteiger partial charge is 0.232 e. The molecule has 0 spiro atoms. The highest BCUT2D eigenvalue weighted by Gasteiger charge is 2.56. The van der Waals surface area contributed by atoms with Crippen LogP contribution in [0, 0.1) is 11.7 Å². The molecule has 0 bridgehead atoms. The maximum atomic E-state index is 13.0. The third kappa shape index (κ3) is 2.18. The first-order valence-corrected chi connectivity index (χ1v) is 6.78. The first-order chi connectivity index (χ1) is 8.45. The van der Waals surface area contributed by atoms with Crippen molar-refractivity contribution < 1.29 is 9.18 Å². The Bertz CT molecular complexity index is 643. The van der Waals surface area contributed by atoms with Crippen LogP contribution in [0.4, 0.5) is 9.52 Å². The molecule has 1 heterocycles. The average Bonchev–Trinajstić information content (AvgIpc) is 2.76. The van der Waals surface area contributed by atoms with E-state index >= 15 is 0 Å². The lowest BCUT2D eigenvalue weighted by Crippen LogP contribution is -2.16. The molecule has 0 saturated heterocycles. The Morgan fingerprint density at radius 2 is 2.28 bits per heavy atom. The number of nitrogens with zero attached hydrogens (tertiary/aromatic N) is 1. The van der Waals surface area contributed by atoms with Crippen LogP contribution in [0.1, 0.15) is 6.42 Å². The first-order valence-electron chi connectivity index (χ1n) is 5.20. The molecule has 1 aromatic carbocycles. The molecule has 1 atom stereocenters. The molecule has 1 fully saturated rings. The lowest BCUT2D eigenvalue weighted by molar-refractivity contribution is -0.117. The summed E-state index contributed by atoms with van der Waals surface area (Å²) in [7, 11) is 0. The number of amides is 1. The molecule has 1 aromatic heterocycles. The van der Waals surface area contributed by atoms with Gasteiger partial charge in [-0.05, 0) is 24.6 Å². The summed E-state index contributed by atoms with van der Waals surface area (Å²) in [6, 6.07) is 4.28. The van der Waals surface area contributed by atoms with Crippen molar-refractivity contribution in [2.75, 3.05) is 5.32 Å². The second kappa shape index (κ2) is 4.05. The van der Waals surface area contributed by atoms with E-state index in [0.717, 1.165) is 0 Å². The zero-order chi connectivity index (χ0) is 12.9. The van der Waals surface area contributed by atoms with E-state index < -0.39 is 10.3 Å². The number of hydrogen-bond acceptors (Lipinski definition) is 3. The number of anilines is 1. The van der Waals surface area contributed by atoms with Crippen molar-refractivity contribution in [2.24, 2.45) is 5.92 Å². The predicted molar refractivity (Wildman–Crippen MR) is 70.8 cm³/mol. The van der Waals surface area contributed by atoms with E-state index in [0.29, 0.717) is 21.8 Å². The zero-order valence-corrected chi connectivity index (χ0v) is 11.2. The third-order valence-electron chi connectivity index (χ3n) is 2.72. The summed E-state index contributed by atoms with van der Waals surface area (Å²) in [5.41, 5.74) is 0.649. The van der Waals surface area contributed by atoms with Crippen molar-refractivity contribution in [1.82, 2.24) is 4.98 Å². The Kier molecular flexibility index (Phi) is 2.73. The normalized spacial score (nSPS) is 20.9. The molecule has 7 heteroatoms. The van der Waals surface area contributed by atoms with Gasteiger partial charge in [0.25, 0.3) is 0 Å². The molecule has 1 saturated carbocycles. The van der Waals surface area contributed by atoms with Gasteiger partial charge >= 0.3 is 0 Å². The summed E-state index contributed by atoms with van der Waals surface area (Å²) in [6.07, 6.45) is 0.446. The van der Waals surface area contributed by atoms with Gasteiger partial charge in [-0.2, -0.15) is 0 Å². The van der Waals surface area contributed by atoms with Gasteiger partial charge in [-0.3, -0.25) is 4.79 Å². The molecular weight excluding hydrogens is 298 g/mol. The molecule has 1 N–H and O–H groups in total. The molecule has 18 heavy (non-hydrogen) atoms. The summed E-state index contributed by atoms with van der Waals surface area (Å²) in [5, 5.41) is 3.07. The van der Waals surface area contributed by atoms with E-state index in [9.17, 15) is 9.18 Å². The molecule has 2 aromatic rings. The standard InChI is InChI=1S/C11H7Cl2FN2OS/c12-11(13)4-6(11)9(17)16-10-15-7-2-1-5(14)3-8(7)18-10/h1-3,6H,4H2,(H,15,16,17)/t6-/m0/s1. The maximum Gasteiger partial charge on any atom is 0.232 e. The number of fused-ring (bicyclic) bond motifs is 1. The summed E-state index contributed by atoms with van der Waals surface area (Å²) < 4.78 is 12.7. The monoisotopic (exact) mass is 304 g/mol. The summed E-state index contributed by atoms with van der Waals surface area (Å²) in [6.45, 7) is 0. The van der Waals surface area contributed by atoms with E-state index in [2.05, 4.69) is 10.3 Å². The topological polar surface area (TPSA) is 42.0 Å². The Morgan fingerprint density at radius 3 is 2.94 bits per heavy atom. The summed E-state index contributed by atoms with van der Waals surface area (Å²) in [5.74, 6) is -0.976. The number of halogens is 3. The van der Waals surface area contributed by atoms with E-state index in [1.807, 2.05) is 0 Å². The molecule has 0 aliphatic heterocycles. The Hall–Kier alpha value is -0.910. The van der Waals surface area contributed by atoms with Gasteiger partial charge in [-0.1, -0.05) is 11.3 Å². The zero-order valence-electron chi connectivity index (χ0n) is 8.91. The molecule has 0 radical (unpaired) electrons. The number of alkyl halides is 2. The van der Waals surface area contributed by atoms with Crippen LogP contribution in [0.3, 0.4) is 0 Å². The number of nitrogens with one attached hydrogen (secondary N) is 1. The minimum Gasteiger partial charge on any atom is -0.302 e. The number of carbonyl (C=O) groups excluding carboxylic acids is 1. The minimum absolute atomic E-state index is 0.250. The fraction of sp³-hybridized carbons (Fsp3) is 0.273. The number of hydrogen-bond donors (Lipinski definition) is 1. The van der Waals surface area contributed by atoms with E-state index in [1.54, 1.807) is 6.07 Å². The lowest BCUT2D eigenvalue weighted by atomic mass is 10.3. The van der Waals surface area contributed by atoms with Crippen LogP contribution in [0.5, 0.6) is 0 Å². The van der Waals surface area contributed by atoms with Crippen molar-refractivity contribution in [3.05, 3.63) is 24.0 Å². The van der Waals surface area contributed by atoms with Crippen molar-refractivity contribution in [1.29, 1.82) is 0 Å². The van der Waals surface area contributed by atoms with Gasteiger partial charge in [0.15, 0.2) is 5.13 Å². The first kappa shape index (κ1) is 12.1. The van der Waals surface area contributed by atoms with E-state index in [-0.39, 0.29) is 11.7 Å². The second-order valence-corrected chi connectivity index (χ2v) is 6.71. The van der Waals surface area contributed by atoms with Gasteiger partial charge in [-0.15, -0.1) is 23.2 Å². The van der Waals surface area contributed by atoms with Crippen molar-refractivity contribution >= 4 is 55.8 Å². The van der Waals surface area contributed by atoms with Gasteiger partial charge < -0.3 is 5.32 Å². The Morgan fingerprint density at radius 1 is 1.56 bits per heavy atom. The molecule has 94 valence electrons. The number of rotatable bonds is 2. The molecule has 1 amide bonds. The van der Waals surface area contributed by atoms with Gasteiger partial charge in [0.2, 0.25) is 5.91 Å². The molecule has 3 rings (SSSR count). The largest absolute Gasteiger partial charge is 0.302 e. The molecule has 0 unspecified atom stereocenters. The fourth-order valence-corrected chi connectivity index (χ4v) is 3.04. The van der Waals surface area contributed by atoms with Crippen molar-refractivity contribution in [2.45, 2.75) is 10.8 Å². The molecule has 1 aliphatic rings. The number of benzene rings is 1. The third-order valence-corrected chi connectivity index (χ3v) is 4.49. The van der Waals surface area contributed by atoms with Crippen LogP contribution >= 0.6 is 34.5 Å². The van der Waals surface area contributed by atoms with Gasteiger partial charge in [-0.25, -0.2) is 9.37 Å². The highest BCUT2D eigenvalue weighted by molar-refractivity contribution is 7.22. The number of thiazole rings is 1. The van der Waals surface area contributed by atoms with Gasteiger partial charge in [0.05, 0.1) is 16.1 Å². The lowest BCUT2D eigenvalue weighted by Gasteiger charge is -2.00. The molecule has 1 aliphatic carbocycles. The Balaban J connectivity index is 1.81. The van der Waals surface area contributed by atoms with Crippen LogP contribution < -0.4 is 5.32 Å². The van der Waals surface area contributed by atoms with Gasteiger partial charge in [0.1, 0.15) is 10.2 Å². The van der Waals surface area contributed by atoms with Crippen molar-refractivity contribution in [3.8, 4) is 0 Å². The Labute approximate surface area is 116 Å². The number of carbonyl (C=O) groups is 1. The highest BCUT2D eigenvalue weighted by atomic mass is 35.5. The van der Waals surface area contributed by atoms with Crippen LogP contribution in [-0.4, -0.2) is 15.2 Å². The predicted octanol–water partition coefficient (Wildman–Crippen LogP) is 3.57. The van der Waals surface area contributed by atoms with Crippen LogP contribution in [0.15, 0.2) is 18.2 Å². The van der Waals surface area contributed by atoms with E-state index in [1.165, 1.54) is 23.5 Å². The average molecular weight is 305 g/mol. The minimum atomic E-state index is -0.952. The van der Waals surface area contributed by atoms with Crippen LogP contribution in [0.25, 0.3) is 10.2 Å². The van der Waals surface area contributed by atoms with Crippen LogP contribution in [0.2, 0.25) is 0 Å². The maximum absolute atomic E-state index is 13.0.